The molecule has 0 bridgehead atoms. The van der Waals surface area contributed by atoms with Gasteiger partial charge >= 0.3 is 0 Å². The van der Waals surface area contributed by atoms with Crippen LogP contribution in [0.4, 0.5) is 4.39 Å². The molecule has 4 heteroatoms. The highest BCUT2D eigenvalue weighted by Crippen LogP contribution is 2.20. The molecule has 0 amide bonds. The lowest BCUT2D eigenvalue weighted by Crippen LogP contribution is -2.05. The number of carbonyl (C=O) groups is 1. The summed E-state index contributed by atoms with van der Waals surface area (Å²) in [7, 11) is 0. The number of hydrogen-bond donors (Lipinski definition) is 0. The molecule has 0 aliphatic carbocycles. The van der Waals surface area contributed by atoms with Crippen LogP contribution < -0.4 is 0 Å². The number of hydrogen-bond acceptors (Lipinski definition) is 1. The molecule has 0 N–H and O–H groups in total. The second-order valence-corrected chi connectivity index (χ2v) is 6.08. The maximum atomic E-state index is 13.1. The largest absolute Gasteiger partial charge is 0.294 e. The van der Waals surface area contributed by atoms with E-state index in [0.29, 0.717) is 10.0 Å². The van der Waals surface area contributed by atoms with Gasteiger partial charge in [-0.15, -0.1) is 0 Å². The summed E-state index contributed by atoms with van der Waals surface area (Å²) >= 11 is 6.49. The maximum Gasteiger partial charge on any atom is 0.167 e. The molecule has 0 aliphatic heterocycles. The molecule has 0 heterocycles. The van der Waals surface area contributed by atoms with Gasteiger partial charge in [0.1, 0.15) is 5.82 Å². The minimum Gasteiger partial charge on any atom is -0.294 e. The standard InChI is InChI=1S/C15H11Br2FO/c1-9-6-11(16)3-4-12(9)15(19)8-10-2-5-14(18)13(17)7-10/h2-7H,8H2,1H3. The van der Waals surface area contributed by atoms with Crippen LogP contribution in [0.2, 0.25) is 0 Å². The van der Waals surface area contributed by atoms with Gasteiger partial charge in [-0.25, -0.2) is 4.39 Å². The summed E-state index contributed by atoms with van der Waals surface area (Å²) in [5.41, 5.74) is 2.42. The number of halogens is 3. The lowest BCUT2D eigenvalue weighted by atomic mass is 9.99. The molecule has 0 unspecified atom stereocenters. The van der Waals surface area contributed by atoms with Gasteiger partial charge in [-0.05, 0) is 58.2 Å². The molecule has 0 aromatic heterocycles. The van der Waals surface area contributed by atoms with E-state index in [1.807, 2.05) is 19.1 Å². The molecule has 2 rings (SSSR count). The zero-order valence-corrected chi connectivity index (χ0v) is 13.4. The van der Waals surface area contributed by atoms with Crippen LogP contribution in [0, 0.1) is 12.7 Å². The summed E-state index contributed by atoms with van der Waals surface area (Å²) < 4.78 is 14.5. The summed E-state index contributed by atoms with van der Waals surface area (Å²) in [6, 6.07) is 10.2. The Kier molecular flexibility index (Phi) is 4.53. The van der Waals surface area contributed by atoms with E-state index in [0.717, 1.165) is 15.6 Å². The molecule has 2 aromatic carbocycles. The number of Topliss-reactive ketones (excluding diaryl/α,β-unsaturated/α-hetero) is 1. The van der Waals surface area contributed by atoms with Gasteiger partial charge in [0.15, 0.2) is 5.78 Å². The first-order valence-electron chi connectivity index (χ1n) is 5.70. The molecule has 0 fully saturated rings. The van der Waals surface area contributed by atoms with Crippen molar-refractivity contribution < 1.29 is 9.18 Å². The van der Waals surface area contributed by atoms with Gasteiger partial charge in [-0.2, -0.15) is 0 Å². The fourth-order valence-electron chi connectivity index (χ4n) is 1.87. The fraction of sp³-hybridized carbons (Fsp3) is 0.133. The van der Waals surface area contributed by atoms with Crippen molar-refractivity contribution >= 4 is 37.6 Å². The van der Waals surface area contributed by atoms with Crippen LogP contribution in [0.15, 0.2) is 45.3 Å². The third-order valence-corrected chi connectivity index (χ3v) is 3.94. The van der Waals surface area contributed by atoms with Gasteiger partial charge in [0.25, 0.3) is 0 Å². The zero-order chi connectivity index (χ0) is 14.0. The smallest absolute Gasteiger partial charge is 0.167 e. The normalized spacial score (nSPS) is 10.5. The second-order valence-electron chi connectivity index (χ2n) is 4.31. The summed E-state index contributed by atoms with van der Waals surface area (Å²) in [5.74, 6) is -0.292. The number of aryl methyl sites for hydroxylation is 1. The van der Waals surface area contributed by atoms with Crippen molar-refractivity contribution in [1.29, 1.82) is 0 Å². The van der Waals surface area contributed by atoms with Crippen LogP contribution >= 0.6 is 31.9 Å². The Bertz CT molecular complexity index is 638. The van der Waals surface area contributed by atoms with E-state index < -0.39 is 0 Å². The Morgan fingerprint density at radius 2 is 1.89 bits per heavy atom. The van der Waals surface area contributed by atoms with Gasteiger partial charge < -0.3 is 0 Å². The molecule has 0 aliphatic rings. The summed E-state index contributed by atoms with van der Waals surface area (Å²) in [5, 5.41) is 0. The first-order chi connectivity index (χ1) is 8.97. The molecular weight excluding hydrogens is 375 g/mol. The first-order valence-corrected chi connectivity index (χ1v) is 7.29. The van der Waals surface area contributed by atoms with Gasteiger partial charge in [0.2, 0.25) is 0 Å². The molecule has 0 atom stereocenters. The van der Waals surface area contributed by atoms with E-state index in [2.05, 4.69) is 31.9 Å². The Morgan fingerprint density at radius 1 is 1.16 bits per heavy atom. The average molecular weight is 386 g/mol. The Labute approximate surface area is 128 Å². The monoisotopic (exact) mass is 384 g/mol. The van der Waals surface area contributed by atoms with Crippen molar-refractivity contribution in [3.05, 3.63) is 67.9 Å². The van der Waals surface area contributed by atoms with Crippen LogP contribution in [-0.4, -0.2) is 5.78 Å². The van der Waals surface area contributed by atoms with Crippen molar-refractivity contribution in [2.45, 2.75) is 13.3 Å². The second kappa shape index (κ2) is 5.97. The van der Waals surface area contributed by atoms with Gasteiger partial charge in [-0.3, -0.25) is 4.79 Å². The Hall–Kier alpha value is -1.00. The van der Waals surface area contributed by atoms with Gasteiger partial charge in [0.05, 0.1) is 4.47 Å². The lowest BCUT2D eigenvalue weighted by Gasteiger charge is -2.06. The minimum atomic E-state index is -0.323. The van der Waals surface area contributed by atoms with E-state index >= 15 is 0 Å². The van der Waals surface area contributed by atoms with Crippen molar-refractivity contribution in [1.82, 2.24) is 0 Å². The van der Waals surface area contributed by atoms with Crippen molar-refractivity contribution in [3.8, 4) is 0 Å². The number of benzene rings is 2. The average Bonchev–Trinajstić information content (AvgIpc) is 2.33. The molecule has 0 radical (unpaired) electrons. The Balaban J connectivity index is 2.23. The van der Waals surface area contributed by atoms with Gasteiger partial charge in [-0.1, -0.05) is 28.1 Å². The first kappa shape index (κ1) is 14.4. The van der Waals surface area contributed by atoms with Crippen LogP contribution in [0.5, 0.6) is 0 Å². The fourth-order valence-corrected chi connectivity index (χ4v) is 2.77. The van der Waals surface area contributed by atoms with E-state index in [9.17, 15) is 9.18 Å². The zero-order valence-electron chi connectivity index (χ0n) is 10.2. The number of ketones is 1. The van der Waals surface area contributed by atoms with E-state index in [1.54, 1.807) is 18.2 Å². The number of rotatable bonds is 3. The molecular formula is C15H11Br2FO. The molecule has 0 spiro atoms. The van der Waals surface area contributed by atoms with E-state index in [1.165, 1.54) is 6.07 Å². The van der Waals surface area contributed by atoms with E-state index in [4.69, 9.17) is 0 Å². The van der Waals surface area contributed by atoms with Crippen LogP contribution in [0.3, 0.4) is 0 Å². The SMILES string of the molecule is Cc1cc(Br)ccc1C(=O)Cc1ccc(F)c(Br)c1. The topological polar surface area (TPSA) is 17.1 Å². The maximum absolute atomic E-state index is 13.1. The summed E-state index contributed by atoms with van der Waals surface area (Å²) in [6.07, 6.45) is 0.265. The van der Waals surface area contributed by atoms with Crippen molar-refractivity contribution in [2.24, 2.45) is 0 Å². The van der Waals surface area contributed by atoms with Crippen LogP contribution in [-0.2, 0) is 6.42 Å². The molecule has 98 valence electrons. The highest BCUT2D eigenvalue weighted by atomic mass is 79.9. The molecule has 1 nitrogen and oxygen atoms in total. The summed E-state index contributed by atoms with van der Waals surface area (Å²) in [6.45, 7) is 1.90. The predicted octanol–water partition coefficient (Wildman–Crippen LogP) is 5.08. The minimum absolute atomic E-state index is 0.0310. The van der Waals surface area contributed by atoms with Crippen molar-refractivity contribution in [3.63, 3.8) is 0 Å². The third kappa shape index (κ3) is 3.51. The third-order valence-electron chi connectivity index (χ3n) is 2.84. The molecule has 19 heavy (non-hydrogen) atoms. The summed E-state index contributed by atoms with van der Waals surface area (Å²) in [4.78, 5) is 12.2. The Morgan fingerprint density at radius 3 is 2.53 bits per heavy atom. The lowest BCUT2D eigenvalue weighted by molar-refractivity contribution is 0.0992. The van der Waals surface area contributed by atoms with Crippen LogP contribution in [0.1, 0.15) is 21.5 Å². The number of carbonyl (C=O) groups excluding carboxylic acids is 1. The van der Waals surface area contributed by atoms with Gasteiger partial charge in [0, 0.05) is 16.5 Å². The van der Waals surface area contributed by atoms with Crippen molar-refractivity contribution in [2.75, 3.05) is 0 Å². The highest BCUT2D eigenvalue weighted by molar-refractivity contribution is 9.10. The quantitative estimate of drug-likeness (QED) is 0.673. The van der Waals surface area contributed by atoms with E-state index in [-0.39, 0.29) is 18.0 Å². The van der Waals surface area contributed by atoms with Crippen LogP contribution in [0.25, 0.3) is 0 Å². The molecule has 0 saturated carbocycles. The predicted molar refractivity (Wildman–Crippen MR) is 81.0 cm³/mol. The molecule has 2 aromatic rings. The highest BCUT2D eigenvalue weighted by Gasteiger charge is 2.11. The molecule has 0 saturated heterocycles.